The first-order chi connectivity index (χ1) is 10.3. The van der Waals surface area contributed by atoms with Crippen molar-refractivity contribution in [2.75, 3.05) is 0 Å². The minimum atomic E-state index is -0.232. The van der Waals surface area contributed by atoms with E-state index in [1.165, 1.54) is 9.36 Å². The van der Waals surface area contributed by atoms with E-state index in [2.05, 4.69) is 20.4 Å². The fourth-order valence-electron chi connectivity index (χ4n) is 1.95. The predicted molar refractivity (Wildman–Crippen MR) is 76.5 cm³/mol. The molecule has 2 aromatic heterocycles. The molecule has 0 saturated carbocycles. The Balaban J connectivity index is 1.81. The molecule has 0 fully saturated rings. The predicted octanol–water partition coefficient (Wildman–Crippen LogP) is 0.965. The Morgan fingerprint density at radius 2 is 1.67 bits per heavy atom. The van der Waals surface area contributed by atoms with Crippen LogP contribution >= 0.6 is 0 Å². The molecule has 1 aromatic carbocycles. The normalized spacial score (nSPS) is 10.7. The Morgan fingerprint density at radius 1 is 1.00 bits per heavy atom. The van der Waals surface area contributed by atoms with Gasteiger partial charge in [0.1, 0.15) is 0 Å². The van der Waals surface area contributed by atoms with Crippen LogP contribution in [0.25, 0.3) is 11.4 Å². The van der Waals surface area contributed by atoms with Crippen molar-refractivity contribution >= 4 is 0 Å². The maximum atomic E-state index is 11.9. The molecule has 106 valence electrons. The third-order valence-corrected chi connectivity index (χ3v) is 3.07. The smallest absolute Gasteiger partial charge is 0.244 e. The molecular formula is C14H14N6O. The topological polar surface area (TPSA) is 78.5 Å². The molecule has 0 N–H and O–H groups in total. The summed E-state index contributed by atoms with van der Waals surface area (Å²) in [6.45, 7) is 2.66. The van der Waals surface area contributed by atoms with E-state index in [1.54, 1.807) is 12.4 Å². The summed E-state index contributed by atoms with van der Waals surface area (Å²) in [5.41, 5.74) is 1.53. The van der Waals surface area contributed by atoms with Crippen molar-refractivity contribution in [1.82, 2.24) is 29.8 Å². The zero-order chi connectivity index (χ0) is 14.7. The van der Waals surface area contributed by atoms with E-state index < -0.39 is 0 Å². The molecule has 2 heterocycles. The number of rotatable bonds is 4. The van der Waals surface area contributed by atoms with Gasteiger partial charge < -0.3 is 0 Å². The van der Waals surface area contributed by atoms with Crippen LogP contribution in [-0.2, 0) is 13.1 Å². The van der Waals surface area contributed by atoms with Gasteiger partial charge >= 0.3 is 5.69 Å². The van der Waals surface area contributed by atoms with Crippen LogP contribution < -0.4 is 5.69 Å². The first-order valence-electron chi connectivity index (χ1n) is 6.65. The summed E-state index contributed by atoms with van der Waals surface area (Å²) < 4.78 is 2.60. The lowest BCUT2D eigenvalue weighted by Crippen LogP contribution is -2.25. The molecule has 0 bridgehead atoms. The Hall–Kier alpha value is -2.83. The molecule has 0 spiro atoms. The van der Waals surface area contributed by atoms with Crippen molar-refractivity contribution in [1.29, 1.82) is 0 Å². The Kier molecular flexibility index (Phi) is 3.55. The SMILES string of the molecule is CCn1nnn(Cc2cnc(-c3ccccc3)nc2)c1=O. The summed E-state index contributed by atoms with van der Waals surface area (Å²) in [7, 11) is 0. The summed E-state index contributed by atoms with van der Waals surface area (Å²) in [5, 5.41) is 7.60. The van der Waals surface area contributed by atoms with E-state index >= 15 is 0 Å². The molecule has 7 heteroatoms. The fourth-order valence-corrected chi connectivity index (χ4v) is 1.95. The van der Waals surface area contributed by atoms with E-state index in [9.17, 15) is 4.79 Å². The second kappa shape index (κ2) is 5.66. The van der Waals surface area contributed by atoms with Crippen molar-refractivity contribution in [2.24, 2.45) is 0 Å². The van der Waals surface area contributed by atoms with E-state index in [0.717, 1.165) is 11.1 Å². The average molecular weight is 282 g/mol. The van der Waals surface area contributed by atoms with E-state index in [0.29, 0.717) is 18.9 Å². The molecule has 7 nitrogen and oxygen atoms in total. The largest absolute Gasteiger partial charge is 0.363 e. The van der Waals surface area contributed by atoms with Gasteiger partial charge in [0, 0.05) is 30.1 Å². The highest BCUT2D eigenvalue weighted by Gasteiger charge is 2.07. The molecule has 21 heavy (non-hydrogen) atoms. The quantitative estimate of drug-likeness (QED) is 0.712. The number of aromatic nitrogens is 6. The summed E-state index contributed by atoms with van der Waals surface area (Å²) in [6, 6.07) is 9.73. The third kappa shape index (κ3) is 2.71. The van der Waals surface area contributed by atoms with Gasteiger partial charge in [-0.1, -0.05) is 30.3 Å². The molecule has 0 aliphatic heterocycles. The van der Waals surface area contributed by atoms with Crippen LogP contribution in [0.5, 0.6) is 0 Å². The molecular weight excluding hydrogens is 268 g/mol. The Bertz CT molecular complexity index is 775. The lowest BCUT2D eigenvalue weighted by Gasteiger charge is -2.02. The minimum Gasteiger partial charge on any atom is -0.244 e. The molecule has 3 aromatic rings. The van der Waals surface area contributed by atoms with Crippen LogP contribution in [0.1, 0.15) is 12.5 Å². The molecule has 0 unspecified atom stereocenters. The van der Waals surface area contributed by atoms with Gasteiger partial charge in [-0.05, 0) is 17.4 Å². The summed E-state index contributed by atoms with van der Waals surface area (Å²) in [5.74, 6) is 0.656. The second-order valence-electron chi connectivity index (χ2n) is 4.52. The zero-order valence-electron chi connectivity index (χ0n) is 11.5. The van der Waals surface area contributed by atoms with Gasteiger partial charge in [0.05, 0.1) is 6.54 Å². The number of aryl methyl sites for hydroxylation is 1. The first kappa shape index (κ1) is 13.2. The van der Waals surface area contributed by atoms with Gasteiger partial charge in [-0.25, -0.2) is 14.8 Å². The van der Waals surface area contributed by atoms with Gasteiger partial charge in [-0.15, -0.1) is 0 Å². The molecule has 0 atom stereocenters. The molecule has 0 aliphatic rings. The standard InChI is InChI=1S/C14H14N6O/c1-2-19-14(21)20(18-17-19)10-11-8-15-13(16-9-11)12-6-4-3-5-7-12/h3-9H,2,10H2,1H3. The molecule has 0 saturated heterocycles. The van der Waals surface area contributed by atoms with Crippen LogP contribution in [0, 0.1) is 0 Å². The van der Waals surface area contributed by atoms with Crippen molar-refractivity contribution in [3.63, 3.8) is 0 Å². The maximum Gasteiger partial charge on any atom is 0.363 e. The lowest BCUT2D eigenvalue weighted by atomic mass is 10.2. The van der Waals surface area contributed by atoms with Gasteiger partial charge in [0.25, 0.3) is 0 Å². The highest BCUT2D eigenvalue weighted by Crippen LogP contribution is 2.13. The summed E-state index contributed by atoms with van der Waals surface area (Å²) in [6.07, 6.45) is 3.40. The second-order valence-corrected chi connectivity index (χ2v) is 4.52. The Morgan fingerprint density at radius 3 is 2.29 bits per heavy atom. The van der Waals surface area contributed by atoms with Crippen molar-refractivity contribution < 1.29 is 0 Å². The molecule has 0 radical (unpaired) electrons. The van der Waals surface area contributed by atoms with Crippen molar-refractivity contribution in [3.8, 4) is 11.4 Å². The molecule has 0 amide bonds. The maximum absolute atomic E-state index is 11.9. The number of benzene rings is 1. The van der Waals surface area contributed by atoms with Crippen molar-refractivity contribution in [2.45, 2.75) is 20.0 Å². The number of nitrogens with zero attached hydrogens (tertiary/aromatic N) is 6. The Labute approximate surface area is 120 Å². The van der Waals surface area contributed by atoms with Crippen LogP contribution in [0.2, 0.25) is 0 Å². The summed E-state index contributed by atoms with van der Waals surface area (Å²) >= 11 is 0. The number of hydrogen-bond donors (Lipinski definition) is 0. The van der Waals surface area contributed by atoms with Gasteiger partial charge in [-0.3, -0.25) is 0 Å². The van der Waals surface area contributed by atoms with Crippen molar-refractivity contribution in [3.05, 3.63) is 58.8 Å². The van der Waals surface area contributed by atoms with E-state index in [4.69, 9.17) is 0 Å². The van der Waals surface area contributed by atoms with Crippen LogP contribution in [-0.4, -0.2) is 29.8 Å². The zero-order valence-corrected chi connectivity index (χ0v) is 11.5. The average Bonchev–Trinajstić information content (AvgIpc) is 2.89. The van der Waals surface area contributed by atoms with Crippen LogP contribution in [0.4, 0.5) is 0 Å². The van der Waals surface area contributed by atoms with Gasteiger partial charge in [0.2, 0.25) is 0 Å². The van der Waals surface area contributed by atoms with Crippen LogP contribution in [0.3, 0.4) is 0 Å². The highest BCUT2D eigenvalue weighted by atomic mass is 16.2. The fraction of sp³-hybridized carbons (Fsp3) is 0.214. The number of tetrazole rings is 1. The van der Waals surface area contributed by atoms with E-state index in [-0.39, 0.29) is 5.69 Å². The van der Waals surface area contributed by atoms with Crippen LogP contribution in [0.15, 0.2) is 47.5 Å². The number of hydrogen-bond acceptors (Lipinski definition) is 5. The van der Waals surface area contributed by atoms with E-state index in [1.807, 2.05) is 37.3 Å². The third-order valence-electron chi connectivity index (χ3n) is 3.07. The molecule has 0 aliphatic carbocycles. The monoisotopic (exact) mass is 282 g/mol. The first-order valence-corrected chi connectivity index (χ1v) is 6.65. The van der Waals surface area contributed by atoms with Gasteiger partial charge in [0.15, 0.2) is 5.82 Å². The van der Waals surface area contributed by atoms with Gasteiger partial charge in [-0.2, -0.15) is 9.36 Å². The molecule has 3 rings (SSSR count). The lowest BCUT2D eigenvalue weighted by molar-refractivity contribution is 0.609. The minimum absolute atomic E-state index is 0.232. The summed E-state index contributed by atoms with van der Waals surface area (Å²) in [4.78, 5) is 20.5. The highest BCUT2D eigenvalue weighted by molar-refractivity contribution is 5.53.